The summed E-state index contributed by atoms with van der Waals surface area (Å²) in [6.45, 7) is 2.05. The van der Waals surface area contributed by atoms with Gasteiger partial charge in [0.1, 0.15) is 6.10 Å². The normalized spacial score (nSPS) is 13.1. The van der Waals surface area contributed by atoms with Gasteiger partial charge in [0, 0.05) is 14.6 Å². The Morgan fingerprint density at radius 1 is 1.23 bits per heavy atom. The van der Waals surface area contributed by atoms with Crippen LogP contribution >= 0.6 is 22.7 Å². The molecule has 2 rings (SSSR count). The lowest BCUT2D eigenvalue weighted by molar-refractivity contribution is 0.228. The number of rotatable bonds is 2. The molecule has 1 unspecified atom stereocenters. The quantitative estimate of drug-likeness (QED) is 0.807. The molecule has 0 saturated heterocycles. The first-order chi connectivity index (χ1) is 6.27. The van der Waals surface area contributed by atoms with Crippen LogP contribution in [-0.2, 0) is 0 Å². The van der Waals surface area contributed by atoms with Crippen LogP contribution in [0.3, 0.4) is 0 Å². The highest BCUT2D eigenvalue weighted by atomic mass is 32.1. The van der Waals surface area contributed by atoms with E-state index in [4.69, 9.17) is 0 Å². The van der Waals surface area contributed by atoms with Crippen molar-refractivity contribution in [3.63, 3.8) is 0 Å². The molecular formula is C10H10OS2. The van der Waals surface area contributed by atoms with Crippen molar-refractivity contribution in [1.29, 1.82) is 0 Å². The zero-order chi connectivity index (χ0) is 9.26. The van der Waals surface area contributed by atoms with E-state index >= 15 is 0 Å². The van der Waals surface area contributed by atoms with Crippen LogP contribution < -0.4 is 0 Å². The van der Waals surface area contributed by atoms with Crippen molar-refractivity contribution in [3.8, 4) is 0 Å². The molecule has 0 radical (unpaired) electrons. The van der Waals surface area contributed by atoms with Crippen LogP contribution in [0.4, 0.5) is 0 Å². The number of aryl methyl sites for hydroxylation is 1. The maximum absolute atomic E-state index is 9.91. The van der Waals surface area contributed by atoms with Crippen LogP contribution in [0.25, 0.3) is 0 Å². The van der Waals surface area contributed by atoms with Crippen molar-refractivity contribution < 1.29 is 5.11 Å². The first kappa shape index (κ1) is 8.94. The van der Waals surface area contributed by atoms with Gasteiger partial charge in [-0.05, 0) is 30.5 Å². The van der Waals surface area contributed by atoms with E-state index in [2.05, 4.69) is 6.92 Å². The summed E-state index contributed by atoms with van der Waals surface area (Å²) in [6, 6.07) is 7.95. The summed E-state index contributed by atoms with van der Waals surface area (Å²) in [6.07, 6.45) is -0.432. The van der Waals surface area contributed by atoms with Crippen molar-refractivity contribution >= 4 is 22.7 Å². The second-order valence-electron chi connectivity index (χ2n) is 2.87. The average Bonchev–Trinajstić information content (AvgIpc) is 2.72. The SMILES string of the molecule is Cc1ccc(C(O)c2cccs2)s1. The standard InChI is InChI=1S/C10H10OS2/c1-7-4-5-9(13-7)10(11)8-3-2-6-12-8/h2-6,10-11H,1H3. The van der Waals surface area contributed by atoms with E-state index in [-0.39, 0.29) is 0 Å². The molecule has 0 aromatic carbocycles. The minimum absolute atomic E-state index is 0.432. The molecule has 1 nitrogen and oxygen atoms in total. The van der Waals surface area contributed by atoms with Crippen LogP contribution in [0.2, 0.25) is 0 Å². The van der Waals surface area contributed by atoms with Gasteiger partial charge < -0.3 is 5.11 Å². The lowest BCUT2D eigenvalue weighted by atomic mass is 10.2. The van der Waals surface area contributed by atoms with E-state index in [1.165, 1.54) is 4.88 Å². The summed E-state index contributed by atoms with van der Waals surface area (Å²) >= 11 is 3.24. The highest BCUT2D eigenvalue weighted by Crippen LogP contribution is 2.30. The van der Waals surface area contributed by atoms with E-state index in [0.29, 0.717) is 0 Å². The first-order valence-corrected chi connectivity index (χ1v) is 5.75. The molecule has 0 bridgehead atoms. The molecule has 1 atom stereocenters. The molecular weight excluding hydrogens is 200 g/mol. The van der Waals surface area contributed by atoms with Crippen LogP contribution in [-0.4, -0.2) is 5.11 Å². The Balaban J connectivity index is 2.28. The van der Waals surface area contributed by atoms with Crippen molar-refractivity contribution in [2.45, 2.75) is 13.0 Å². The van der Waals surface area contributed by atoms with Crippen molar-refractivity contribution in [1.82, 2.24) is 0 Å². The molecule has 2 aromatic rings. The molecule has 0 amide bonds. The summed E-state index contributed by atoms with van der Waals surface area (Å²) in [5.74, 6) is 0. The lowest BCUT2D eigenvalue weighted by Crippen LogP contribution is -1.92. The van der Waals surface area contributed by atoms with Crippen molar-refractivity contribution in [2.24, 2.45) is 0 Å². The molecule has 0 aliphatic heterocycles. The molecule has 1 N–H and O–H groups in total. The molecule has 13 heavy (non-hydrogen) atoms. The van der Waals surface area contributed by atoms with Crippen LogP contribution in [0, 0.1) is 6.92 Å². The van der Waals surface area contributed by atoms with Gasteiger partial charge in [0.25, 0.3) is 0 Å². The molecule has 2 heterocycles. The van der Waals surface area contributed by atoms with Crippen LogP contribution in [0.15, 0.2) is 29.6 Å². The van der Waals surface area contributed by atoms with Crippen LogP contribution in [0.1, 0.15) is 20.7 Å². The Hall–Kier alpha value is -0.640. The predicted molar refractivity (Wildman–Crippen MR) is 57.4 cm³/mol. The highest BCUT2D eigenvalue weighted by molar-refractivity contribution is 7.12. The van der Waals surface area contributed by atoms with Gasteiger partial charge in [-0.1, -0.05) is 6.07 Å². The Morgan fingerprint density at radius 2 is 2.08 bits per heavy atom. The van der Waals surface area contributed by atoms with Gasteiger partial charge in [-0.25, -0.2) is 0 Å². The molecule has 68 valence electrons. The number of aliphatic hydroxyl groups is 1. The fraction of sp³-hybridized carbons (Fsp3) is 0.200. The molecule has 0 aliphatic rings. The minimum atomic E-state index is -0.432. The van der Waals surface area contributed by atoms with E-state index in [0.717, 1.165) is 9.75 Å². The third-order valence-electron chi connectivity index (χ3n) is 1.84. The van der Waals surface area contributed by atoms with Gasteiger partial charge in [-0.2, -0.15) is 0 Å². The second kappa shape index (κ2) is 3.62. The molecule has 3 heteroatoms. The summed E-state index contributed by atoms with van der Waals surface area (Å²) in [5.41, 5.74) is 0. The van der Waals surface area contributed by atoms with Gasteiger partial charge in [0.05, 0.1) is 0 Å². The summed E-state index contributed by atoms with van der Waals surface area (Å²) < 4.78 is 0. The van der Waals surface area contributed by atoms with Gasteiger partial charge in [0.15, 0.2) is 0 Å². The topological polar surface area (TPSA) is 20.2 Å². The largest absolute Gasteiger partial charge is 0.382 e. The van der Waals surface area contributed by atoms with Crippen molar-refractivity contribution in [3.05, 3.63) is 44.3 Å². The molecule has 0 saturated carbocycles. The number of aliphatic hydroxyl groups excluding tert-OH is 1. The van der Waals surface area contributed by atoms with E-state index < -0.39 is 6.10 Å². The Morgan fingerprint density at radius 3 is 2.62 bits per heavy atom. The molecule has 0 spiro atoms. The fourth-order valence-electron chi connectivity index (χ4n) is 1.19. The third kappa shape index (κ3) is 1.82. The van der Waals surface area contributed by atoms with Crippen LogP contribution in [0.5, 0.6) is 0 Å². The maximum Gasteiger partial charge on any atom is 0.122 e. The Bertz CT molecular complexity index is 375. The second-order valence-corrected chi connectivity index (χ2v) is 5.17. The zero-order valence-corrected chi connectivity index (χ0v) is 8.86. The zero-order valence-electron chi connectivity index (χ0n) is 7.23. The third-order valence-corrected chi connectivity index (χ3v) is 3.82. The lowest BCUT2D eigenvalue weighted by Gasteiger charge is -2.04. The fourth-order valence-corrected chi connectivity index (χ4v) is 2.87. The highest BCUT2D eigenvalue weighted by Gasteiger charge is 2.12. The number of hydrogen-bond acceptors (Lipinski definition) is 3. The monoisotopic (exact) mass is 210 g/mol. The van der Waals surface area contributed by atoms with E-state index in [1.54, 1.807) is 22.7 Å². The van der Waals surface area contributed by atoms with Crippen molar-refractivity contribution in [2.75, 3.05) is 0 Å². The van der Waals surface area contributed by atoms with E-state index in [1.807, 2.05) is 29.6 Å². The average molecular weight is 210 g/mol. The van der Waals surface area contributed by atoms with Gasteiger partial charge >= 0.3 is 0 Å². The van der Waals surface area contributed by atoms with Gasteiger partial charge in [-0.3, -0.25) is 0 Å². The number of hydrogen-bond donors (Lipinski definition) is 1. The summed E-state index contributed by atoms with van der Waals surface area (Å²) in [5, 5.41) is 11.9. The maximum atomic E-state index is 9.91. The summed E-state index contributed by atoms with van der Waals surface area (Å²) in [7, 11) is 0. The summed E-state index contributed by atoms with van der Waals surface area (Å²) in [4.78, 5) is 3.28. The van der Waals surface area contributed by atoms with E-state index in [9.17, 15) is 5.11 Å². The first-order valence-electron chi connectivity index (χ1n) is 4.05. The Kier molecular flexibility index (Phi) is 2.49. The van der Waals surface area contributed by atoms with Gasteiger partial charge in [-0.15, -0.1) is 22.7 Å². The molecule has 0 fully saturated rings. The van der Waals surface area contributed by atoms with Gasteiger partial charge in [0.2, 0.25) is 0 Å². The number of thiophene rings is 2. The smallest absolute Gasteiger partial charge is 0.122 e. The minimum Gasteiger partial charge on any atom is -0.382 e. The molecule has 2 aromatic heterocycles. The predicted octanol–water partition coefficient (Wildman–Crippen LogP) is 3.20. The Labute approximate surface area is 85.3 Å². The molecule has 0 aliphatic carbocycles.